The number of hydrogen-bond donors (Lipinski definition) is 1. The summed E-state index contributed by atoms with van der Waals surface area (Å²) in [6, 6.07) is 7.13. The highest BCUT2D eigenvalue weighted by atomic mass is 32.1. The molecule has 3 rings (SSSR count). The number of methoxy groups -OCH3 is 1. The van der Waals surface area contributed by atoms with E-state index >= 15 is 0 Å². The van der Waals surface area contributed by atoms with Crippen molar-refractivity contribution >= 4 is 28.3 Å². The lowest BCUT2D eigenvalue weighted by Gasteiger charge is -2.23. The summed E-state index contributed by atoms with van der Waals surface area (Å²) in [6.45, 7) is 2.80. The first-order chi connectivity index (χ1) is 14.1. The Kier molecular flexibility index (Phi) is 7.57. The normalized spacial score (nSPS) is 16.1. The Balaban J connectivity index is 1.59. The smallest absolute Gasteiger partial charge is 0.249 e. The summed E-state index contributed by atoms with van der Waals surface area (Å²) in [7, 11) is 1.61. The van der Waals surface area contributed by atoms with Crippen molar-refractivity contribution in [2.24, 2.45) is 0 Å². The predicted octanol–water partition coefficient (Wildman–Crippen LogP) is 4.11. The molecule has 1 atom stereocenters. The van der Waals surface area contributed by atoms with Gasteiger partial charge in [-0.05, 0) is 31.4 Å². The molecule has 2 amide bonds. The molecule has 0 radical (unpaired) electrons. The Bertz CT molecular complexity index is 839. The minimum atomic E-state index is -0.419. The first-order valence-corrected chi connectivity index (χ1v) is 11.0. The summed E-state index contributed by atoms with van der Waals surface area (Å²) >= 11 is 1.31. The van der Waals surface area contributed by atoms with Gasteiger partial charge in [-0.15, -0.1) is 10.2 Å². The van der Waals surface area contributed by atoms with Gasteiger partial charge in [0.05, 0.1) is 7.11 Å². The summed E-state index contributed by atoms with van der Waals surface area (Å²) in [4.78, 5) is 27.0. The van der Waals surface area contributed by atoms with Gasteiger partial charge in [0.2, 0.25) is 16.9 Å². The van der Waals surface area contributed by atoms with Crippen molar-refractivity contribution in [3.05, 3.63) is 24.3 Å². The molecule has 1 saturated heterocycles. The lowest BCUT2D eigenvalue weighted by molar-refractivity contribution is -0.136. The van der Waals surface area contributed by atoms with Gasteiger partial charge in [0.15, 0.2) is 0 Å². The van der Waals surface area contributed by atoms with Crippen LogP contribution >= 0.6 is 11.3 Å². The van der Waals surface area contributed by atoms with E-state index in [4.69, 9.17) is 4.74 Å². The zero-order valence-corrected chi connectivity index (χ0v) is 17.8. The minimum absolute atomic E-state index is 0.0769. The first kappa shape index (κ1) is 21.2. The monoisotopic (exact) mass is 416 g/mol. The largest absolute Gasteiger partial charge is 0.497 e. The summed E-state index contributed by atoms with van der Waals surface area (Å²) in [5.74, 6) is 0.633. The second-order valence-electron chi connectivity index (χ2n) is 7.19. The van der Waals surface area contributed by atoms with Crippen LogP contribution in [-0.2, 0) is 9.59 Å². The van der Waals surface area contributed by atoms with E-state index in [1.165, 1.54) is 11.3 Å². The van der Waals surface area contributed by atoms with Crippen molar-refractivity contribution in [1.82, 2.24) is 15.1 Å². The number of hydrogen-bond acceptors (Lipinski definition) is 6. The zero-order valence-electron chi connectivity index (χ0n) is 17.0. The predicted molar refractivity (Wildman–Crippen MR) is 114 cm³/mol. The van der Waals surface area contributed by atoms with Crippen LogP contribution in [0.5, 0.6) is 5.75 Å². The lowest BCUT2D eigenvalue weighted by atomic mass is 10.1. The average molecular weight is 417 g/mol. The number of benzene rings is 1. The van der Waals surface area contributed by atoms with Crippen molar-refractivity contribution in [3.63, 3.8) is 0 Å². The molecule has 0 saturated carbocycles. The average Bonchev–Trinajstić information content (AvgIpc) is 3.41. The molecule has 8 heteroatoms. The summed E-state index contributed by atoms with van der Waals surface area (Å²) in [5, 5.41) is 12.3. The van der Waals surface area contributed by atoms with E-state index in [2.05, 4.69) is 22.4 Å². The number of unbranched alkanes of at least 4 members (excludes halogenated alkanes) is 3. The van der Waals surface area contributed by atoms with Gasteiger partial charge in [-0.3, -0.25) is 14.9 Å². The van der Waals surface area contributed by atoms with Crippen LogP contribution in [0.25, 0.3) is 10.6 Å². The van der Waals surface area contributed by atoms with Crippen molar-refractivity contribution in [2.75, 3.05) is 19.0 Å². The molecule has 1 N–H and O–H groups in total. The molecule has 1 aliphatic rings. The summed E-state index contributed by atoms with van der Waals surface area (Å²) in [6.07, 6.45) is 6.29. The minimum Gasteiger partial charge on any atom is -0.497 e. The standard InChI is InChI=1S/C21H28N4O3S/c1-3-4-5-6-12-18(26)25-13-8-11-17(25)19(27)22-21-24-23-20(29-21)15-9-7-10-16(14-15)28-2/h7,9-10,14,17H,3-6,8,11-13H2,1-2H3,(H,22,24,27)/t17-/m0/s1. The van der Waals surface area contributed by atoms with E-state index in [1.807, 2.05) is 24.3 Å². The molecule has 0 unspecified atom stereocenters. The van der Waals surface area contributed by atoms with E-state index in [0.29, 0.717) is 29.5 Å². The zero-order chi connectivity index (χ0) is 20.6. The van der Waals surface area contributed by atoms with Crippen LogP contribution in [0.4, 0.5) is 5.13 Å². The van der Waals surface area contributed by atoms with Crippen LogP contribution in [0.1, 0.15) is 51.9 Å². The number of likely N-dealkylation sites (tertiary alicyclic amines) is 1. The van der Waals surface area contributed by atoms with Gasteiger partial charge >= 0.3 is 0 Å². The van der Waals surface area contributed by atoms with Crippen molar-refractivity contribution in [2.45, 2.75) is 57.9 Å². The van der Waals surface area contributed by atoms with E-state index in [-0.39, 0.29) is 11.8 Å². The van der Waals surface area contributed by atoms with Gasteiger partial charge in [-0.1, -0.05) is 49.7 Å². The third kappa shape index (κ3) is 5.53. The first-order valence-electron chi connectivity index (χ1n) is 10.2. The highest BCUT2D eigenvalue weighted by molar-refractivity contribution is 7.18. The number of rotatable bonds is 9. The maximum absolute atomic E-state index is 12.8. The van der Waals surface area contributed by atoms with Gasteiger partial charge in [0.1, 0.15) is 16.8 Å². The maximum Gasteiger partial charge on any atom is 0.249 e. The molecule has 7 nitrogen and oxygen atoms in total. The Morgan fingerprint density at radius 1 is 1.28 bits per heavy atom. The fraction of sp³-hybridized carbons (Fsp3) is 0.524. The van der Waals surface area contributed by atoms with Gasteiger partial charge in [0, 0.05) is 18.5 Å². The molecule has 0 aliphatic carbocycles. The molecule has 0 bridgehead atoms. The van der Waals surface area contributed by atoms with Gasteiger partial charge < -0.3 is 9.64 Å². The number of carbonyl (C=O) groups excluding carboxylic acids is 2. The molecule has 0 spiro atoms. The highest BCUT2D eigenvalue weighted by Crippen LogP contribution is 2.29. The third-order valence-corrected chi connectivity index (χ3v) is 5.98. The SMILES string of the molecule is CCCCCCC(=O)N1CCC[C@H]1C(=O)Nc1nnc(-c2cccc(OC)c2)s1. The molecule has 1 aliphatic heterocycles. The molecule has 1 fully saturated rings. The van der Waals surface area contributed by atoms with E-state index in [9.17, 15) is 9.59 Å². The Labute approximate surface area is 175 Å². The third-order valence-electron chi connectivity index (χ3n) is 5.09. The second kappa shape index (κ2) is 10.3. The van der Waals surface area contributed by atoms with Crippen LogP contribution in [0.2, 0.25) is 0 Å². The van der Waals surface area contributed by atoms with Crippen LogP contribution in [0.15, 0.2) is 24.3 Å². The number of carbonyl (C=O) groups is 2. The molecule has 1 aromatic heterocycles. The van der Waals surface area contributed by atoms with Crippen LogP contribution < -0.4 is 10.1 Å². The highest BCUT2D eigenvalue weighted by Gasteiger charge is 2.34. The van der Waals surface area contributed by atoms with Gasteiger partial charge in [-0.25, -0.2) is 0 Å². The Hall–Kier alpha value is -2.48. The quantitative estimate of drug-likeness (QED) is 0.622. The van der Waals surface area contributed by atoms with Crippen LogP contribution in [0, 0.1) is 0 Å². The van der Waals surface area contributed by atoms with Gasteiger partial charge in [0.25, 0.3) is 0 Å². The number of aromatic nitrogens is 2. The number of amides is 2. The second-order valence-corrected chi connectivity index (χ2v) is 8.17. The molecule has 2 heterocycles. The molecular weight excluding hydrogens is 388 g/mol. The van der Waals surface area contributed by atoms with Crippen molar-refractivity contribution < 1.29 is 14.3 Å². The molecule has 29 heavy (non-hydrogen) atoms. The fourth-order valence-corrected chi connectivity index (χ4v) is 4.26. The number of anilines is 1. The van der Waals surface area contributed by atoms with E-state index in [1.54, 1.807) is 12.0 Å². The van der Waals surface area contributed by atoms with Crippen molar-refractivity contribution in [1.29, 1.82) is 0 Å². The molecule has 2 aromatic rings. The fourth-order valence-electron chi connectivity index (χ4n) is 3.52. The number of nitrogens with one attached hydrogen (secondary N) is 1. The van der Waals surface area contributed by atoms with Gasteiger partial charge in [-0.2, -0.15) is 0 Å². The topological polar surface area (TPSA) is 84.4 Å². The van der Waals surface area contributed by atoms with Crippen molar-refractivity contribution in [3.8, 4) is 16.3 Å². The number of ether oxygens (including phenoxy) is 1. The van der Waals surface area contributed by atoms with Crippen LogP contribution in [0.3, 0.4) is 0 Å². The molecule has 156 valence electrons. The number of nitrogens with zero attached hydrogens (tertiary/aromatic N) is 3. The Morgan fingerprint density at radius 2 is 2.14 bits per heavy atom. The molecule has 1 aromatic carbocycles. The lowest BCUT2D eigenvalue weighted by Crippen LogP contribution is -2.43. The van der Waals surface area contributed by atoms with Crippen LogP contribution in [-0.4, -0.2) is 46.6 Å². The van der Waals surface area contributed by atoms with E-state index in [0.717, 1.165) is 43.4 Å². The summed E-state index contributed by atoms with van der Waals surface area (Å²) < 4.78 is 5.24. The summed E-state index contributed by atoms with van der Waals surface area (Å²) in [5.41, 5.74) is 0.882. The molecular formula is C21H28N4O3S. The van der Waals surface area contributed by atoms with E-state index < -0.39 is 6.04 Å². The Morgan fingerprint density at radius 3 is 2.93 bits per heavy atom. The maximum atomic E-state index is 12.8.